The number of aliphatic imine (C=N–C) groups is 1. The molecule has 0 amide bonds. The third kappa shape index (κ3) is 17.7. The first kappa shape index (κ1) is 23.9. The number of nitrogens with zero attached hydrogens (tertiary/aromatic N) is 1. The lowest BCUT2D eigenvalue weighted by Crippen LogP contribution is -2.35. The SMILES string of the molecule is C1=CN=CC1.CC(C)(C)C(=O)O.CC(C)(C)C(=O)[O-].c1cc[nH]c1. The number of allylic oxidation sites excluding steroid dienone is 1. The Labute approximate surface area is 144 Å². The Hall–Kier alpha value is -2.37. The standard InChI is InChI=1S/2C5H10O2.2C4H5N/c2*1-5(2,3)4(6)7;2*1-2-4-5-3-1/h2*1-3H3,(H,6,7);1,3-4H,2H2;1-5H/p-1. The number of aliphatic carboxylic acids is 2. The van der Waals surface area contributed by atoms with Crippen LogP contribution in [-0.2, 0) is 9.59 Å². The van der Waals surface area contributed by atoms with Crippen molar-refractivity contribution in [2.45, 2.75) is 48.0 Å². The molecule has 24 heavy (non-hydrogen) atoms. The number of carboxylic acids is 2. The van der Waals surface area contributed by atoms with E-state index >= 15 is 0 Å². The molecule has 0 spiro atoms. The molecule has 6 nitrogen and oxygen atoms in total. The molecule has 0 aliphatic carbocycles. The van der Waals surface area contributed by atoms with E-state index in [1.165, 1.54) is 0 Å². The quantitative estimate of drug-likeness (QED) is 0.759. The van der Waals surface area contributed by atoms with Crippen molar-refractivity contribution in [1.29, 1.82) is 0 Å². The van der Waals surface area contributed by atoms with Gasteiger partial charge in [-0.05, 0) is 32.9 Å². The van der Waals surface area contributed by atoms with Gasteiger partial charge in [0.2, 0.25) is 0 Å². The average Bonchev–Trinajstić information content (AvgIpc) is 3.16. The summed E-state index contributed by atoms with van der Waals surface area (Å²) in [5.74, 6) is -1.76. The second-order valence-corrected chi connectivity index (χ2v) is 6.93. The van der Waals surface area contributed by atoms with Crippen LogP contribution in [0.15, 0.2) is 41.8 Å². The number of H-pyrrole nitrogens is 1. The van der Waals surface area contributed by atoms with Gasteiger partial charge >= 0.3 is 5.97 Å². The number of carbonyl (C=O) groups excluding carboxylic acids is 1. The molecule has 0 unspecified atom stereocenters. The van der Waals surface area contributed by atoms with Crippen molar-refractivity contribution >= 4 is 18.2 Å². The summed E-state index contributed by atoms with van der Waals surface area (Å²) in [4.78, 5) is 26.6. The molecule has 2 N–H and O–H groups in total. The van der Waals surface area contributed by atoms with Gasteiger partial charge in [-0.3, -0.25) is 9.79 Å². The Balaban J connectivity index is 0. The molecule has 6 heteroatoms. The van der Waals surface area contributed by atoms with E-state index in [4.69, 9.17) is 5.11 Å². The molecule has 0 fully saturated rings. The summed E-state index contributed by atoms with van der Waals surface area (Å²) in [6.45, 7) is 9.78. The fourth-order valence-electron chi connectivity index (χ4n) is 0.582. The highest BCUT2D eigenvalue weighted by Crippen LogP contribution is 2.11. The minimum atomic E-state index is -1.01. The number of aromatic amines is 1. The van der Waals surface area contributed by atoms with Crippen molar-refractivity contribution in [3.8, 4) is 0 Å². The van der Waals surface area contributed by atoms with Crippen LogP contribution >= 0.6 is 0 Å². The summed E-state index contributed by atoms with van der Waals surface area (Å²) in [6, 6.07) is 3.89. The second kappa shape index (κ2) is 12.1. The first-order chi connectivity index (χ1) is 10.9. The molecule has 2 heterocycles. The smallest absolute Gasteiger partial charge is 0.308 e. The van der Waals surface area contributed by atoms with Crippen molar-refractivity contribution in [3.05, 3.63) is 36.8 Å². The lowest BCUT2D eigenvalue weighted by molar-refractivity contribution is -0.316. The molecule has 0 saturated heterocycles. The zero-order valence-corrected chi connectivity index (χ0v) is 15.4. The molecule has 0 atom stereocenters. The molecule has 1 aliphatic rings. The van der Waals surface area contributed by atoms with Crippen molar-refractivity contribution < 1.29 is 19.8 Å². The van der Waals surface area contributed by atoms with Crippen LogP contribution in [0, 0.1) is 10.8 Å². The number of nitrogens with one attached hydrogen (secondary N) is 1. The van der Waals surface area contributed by atoms with Gasteiger partial charge in [-0.15, -0.1) is 0 Å². The molecule has 0 bridgehead atoms. The van der Waals surface area contributed by atoms with Gasteiger partial charge < -0.3 is 20.0 Å². The maximum absolute atomic E-state index is 10.0. The summed E-state index contributed by atoms with van der Waals surface area (Å²) in [6.07, 6.45) is 10.5. The van der Waals surface area contributed by atoms with Gasteiger partial charge in [0, 0.05) is 42.6 Å². The number of hydrogen-bond acceptors (Lipinski definition) is 4. The van der Waals surface area contributed by atoms with E-state index in [1.54, 1.807) is 47.7 Å². The molecule has 136 valence electrons. The molecule has 0 saturated carbocycles. The topological polar surface area (TPSA) is 106 Å². The van der Waals surface area contributed by atoms with Gasteiger partial charge in [0.25, 0.3) is 0 Å². The number of carboxylic acid groups (broad SMARTS) is 2. The molecule has 1 aromatic rings. The molecule has 1 aromatic heterocycles. The van der Waals surface area contributed by atoms with Crippen molar-refractivity contribution in [1.82, 2.24) is 4.98 Å². The molecule has 0 aromatic carbocycles. The van der Waals surface area contributed by atoms with E-state index in [2.05, 4.69) is 9.98 Å². The van der Waals surface area contributed by atoms with E-state index in [0.717, 1.165) is 6.42 Å². The number of rotatable bonds is 0. The van der Waals surface area contributed by atoms with Crippen LogP contribution in [0.3, 0.4) is 0 Å². The van der Waals surface area contributed by atoms with Crippen LogP contribution in [0.2, 0.25) is 0 Å². The Morgan fingerprint density at radius 1 is 1.04 bits per heavy atom. The fraction of sp³-hybridized carbons (Fsp3) is 0.500. The van der Waals surface area contributed by atoms with Crippen LogP contribution in [0.4, 0.5) is 0 Å². The lowest BCUT2D eigenvalue weighted by atomic mass is 9.98. The normalized spacial score (nSPS) is 11.9. The monoisotopic (exact) mass is 337 g/mol. The Kier molecular flexibility index (Phi) is 12.0. The maximum Gasteiger partial charge on any atom is 0.308 e. The summed E-state index contributed by atoms with van der Waals surface area (Å²) in [7, 11) is 0. The van der Waals surface area contributed by atoms with Gasteiger partial charge in [-0.1, -0.05) is 26.8 Å². The Morgan fingerprint density at radius 2 is 1.46 bits per heavy atom. The number of hydrogen-bond donors (Lipinski definition) is 2. The van der Waals surface area contributed by atoms with Crippen LogP contribution < -0.4 is 5.11 Å². The molecule has 2 rings (SSSR count). The zero-order valence-electron chi connectivity index (χ0n) is 15.4. The Morgan fingerprint density at radius 3 is 1.54 bits per heavy atom. The predicted octanol–water partition coefficient (Wildman–Crippen LogP) is 2.89. The molecule has 0 radical (unpaired) electrons. The van der Waals surface area contributed by atoms with Crippen molar-refractivity contribution in [3.63, 3.8) is 0 Å². The molecular formula is C18H29N2O4-. The van der Waals surface area contributed by atoms with Crippen molar-refractivity contribution in [2.75, 3.05) is 0 Å². The van der Waals surface area contributed by atoms with Gasteiger partial charge in [0.05, 0.1) is 5.41 Å². The molecular weight excluding hydrogens is 308 g/mol. The third-order valence-electron chi connectivity index (χ3n) is 2.29. The number of carbonyl (C=O) groups is 2. The van der Waals surface area contributed by atoms with Crippen LogP contribution in [-0.4, -0.2) is 28.2 Å². The highest BCUT2D eigenvalue weighted by Gasteiger charge is 2.18. The minimum absolute atomic E-state index is 0.583. The summed E-state index contributed by atoms with van der Waals surface area (Å²) in [5.41, 5.74) is -1.28. The summed E-state index contributed by atoms with van der Waals surface area (Å²) in [5, 5.41) is 18.2. The largest absolute Gasteiger partial charge is 0.550 e. The first-order valence-corrected chi connectivity index (χ1v) is 7.58. The van der Waals surface area contributed by atoms with E-state index in [-0.39, 0.29) is 0 Å². The second-order valence-electron chi connectivity index (χ2n) is 6.93. The summed E-state index contributed by atoms with van der Waals surface area (Å²) < 4.78 is 0. The average molecular weight is 337 g/mol. The van der Waals surface area contributed by atoms with Crippen LogP contribution in [0.5, 0.6) is 0 Å². The van der Waals surface area contributed by atoms with Crippen LogP contribution in [0.1, 0.15) is 48.0 Å². The number of aromatic nitrogens is 1. The van der Waals surface area contributed by atoms with E-state index < -0.39 is 22.8 Å². The lowest BCUT2D eigenvalue weighted by Gasteiger charge is -2.18. The van der Waals surface area contributed by atoms with E-state index in [1.807, 2.05) is 36.8 Å². The molecule has 1 aliphatic heterocycles. The highest BCUT2D eigenvalue weighted by atomic mass is 16.4. The van der Waals surface area contributed by atoms with E-state index in [9.17, 15) is 14.7 Å². The minimum Gasteiger partial charge on any atom is -0.550 e. The van der Waals surface area contributed by atoms with Gasteiger partial charge in [0.15, 0.2) is 0 Å². The Bertz CT molecular complexity index is 453. The predicted molar refractivity (Wildman–Crippen MR) is 94.6 cm³/mol. The van der Waals surface area contributed by atoms with Crippen molar-refractivity contribution in [2.24, 2.45) is 15.8 Å². The first-order valence-electron chi connectivity index (χ1n) is 7.58. The highest BCUT2D eigenvalue weighted by molar-refractivity contribution is 5.72. The fourth-order valence-corrected chi connectivity index (χ4v) is 0.582. The van der Waals surface area contributed by atoms with Gasteiger partial charge in [-0.2, -0.15) is 0 Å². The van der Waals surface area contributed by atoms with E-state index in [0.29, 0.717) is 0 Å². The third-order valence-corrected chi connectivity index (χ3v) is 2.29. The van der Waals surface area contributed by atoms with Gasteiger partial charge in [-0.25, -0.2) is 0 Å². The van der Waals surface area contributed by atoms with Crippen LogP contribution in [0.25, 0.3) is 0 Å². The zero-order chi connectivity index (χ0) is 19.2. The maximum atomic E-state index is 10.0. The van der Waals surface area contributed by atoms with Gasteiger partial charge in [0.1, 0.15) is 0 Å². The summed E-state index contributed by atoms with van der Waals surface area (Å²) >= 11 is 0.